The predicted octanol–water partition coefficient (Wildman–Crippen LogP) is 3.83. The van der Waals surface area contributed by atoms with Gasteiger partial charge in [-0.05, 0) is 55.4 Å². The molecule has 2 aliphatic rings. The number of carbonyl (C=O) groups is 1. The molecule has 0 unspecified atom stereocenters. The average Bonchev–Trinajstić information content (AvgIpc) is 3.64. The molecule has 2 N–H and O–H groups in total. The molecule has 10 heteroatoms. The van der Waals surface area contributed by atoms with Crippen LogP contribution in [0.1, 0.15) is 29.2 Å². The van der Waals surface area contributed by atoms with Gasteiger partial charge in [-0.25, -0.2) is 13.6 Å². The molecule has 3 aromatic rings. The average molecular weight is 485 g/mol. The molecule has 7 nitrogen and oxygen atoms in total. The van der Waals surface area contributed by atoms with Crippen molar-refractivity contribution in [3.8, 4) is 0 Å². The zero-order valence-electron chi connectivity index (χ0n) is 18.1. The molecule has 0 spiro atoms. The van der Waals surface area contributed by atoms with Crippen LogP contribution in [0.15, 0.2) is 47.4 Å². The number of pyridine rings is 1. The Balaban J connectivity index is 1.38. The Morgan fingerprint density at radius 3 is 2.47 bits per heavy atom. The molecule has 1 aliphatic heterocycles. The van der Waals surface area contributed by atoms with Gasteiger partial charge in [0.05, 0.1) is 11.2 Å². The fourth-order valence-electron chi connectivity index (χ4n) is 4.33. The van der Waals surface area contributed by atoms with Crippen molar-refractivity contribution < 1.29 is 18.7 Å². The molecule has 1 aliphatic carbocycles. The van der Waals surface area contributed by atoms with Gasteiger partial charge in [-0.3, -0.25) is 4.79 Å². The van der Waals surface area contributed by atoms with Gasteiger partial charge in [-0.1, -0.05) is 6.07 Å². The highest BCUT2D eigenvalue weighted by Gasteiger charge is 2.28. The zero-order valence-corrected chi connectivity index (χ0v) is 18.9. The van der Waals surface area contributed by atoms with Crippen LogP contribution in [0.4, 0.5) is 20.2 Å². The predicted molar refractivity (Wildman–Crippen MR) is 130 cm³/mol. The van der Waals surface area contributed by atoms with Crippen molar-refractivity contribution in [3.63, 3.8) is 0 Å². The largest absolute Gasteiger partial charge is 0.477 e. The molecular formula is C24H22F2N4O3S. The molecule has 0 bridgehead atoms. The molecule has 5 rings (SSSR count). The third kappa shape index (κ3) is 4.21. The Kier molecular flexibility index (Phi) is 5.68. The number of anilines is 2. The SMILES string of the molecule is O=C(O)c1cn(C2CC2)c2cc(N3CCN(C(=S)Nc4cccc(F)c4)CC3)c(F)cc2c1=O. The number of carboxylic acids is 1. The van der Waals surface area contributed by atoms with E-state index >= 15 is 4.39 Å². The van der Waals surface area contributed by atoms with Crippen LogP contribution >= 0.6 is 12.2 Å². The van der Waals surface area contributed by atoms with Gasteiger partial charge < -0.3 is 24.8 Å². The molecule has 0 amide bonds. The Labute approximate surface area is 199 Å². The van der Waals surface area contributed by atoms with E-state index in [2.05, 4.69) is 5.32 Å². The monoisotopic (exact) mass is 484 g/mol. The van der Waals surface area contributed by atoms with E-state index in [1.54, 1.807) is 22.8 Å². The normalized spacial score (nSPS) is 16.1. The number of nitrogens with zero attached hydrogens (tertiary/aromatic N) is 3. The van der Waals surface area contributed by atoms with Gasteiger partial charge in [0.1, 0.15) is 17.2 Å². The lowest BCUT2D eigenvalue weighted by Gasteiger charge is -2.37. The maximum absolute atomic E-state index is 15.1. The minimum absolute atomic E-state index is 0.0761. The van der Waals surface area contributed by atoms with Crippen LogP contribution < -0.4 is 15.6 Å². The number of benzene rings is 2. The van der Waals surface area contributed by atoms with Crippen LogP contribution in [0.3, 0.4) is 0 Å². The Morgan fingerprint density at radius 2 is 1.82 bits per heavy atom. The van der Waals surface area contributed by atoms with Crippen LogP contribution in [0.25, 0.3) is 10.9 Å². The fourth-order valence-corrected chi connectivity index (χ4v) is 4.63. The number of aromatic nitrogens is 1. The lowest BCUT2D eigenvalue weighted by Crippen LogP contribution is -2.50. The van der Waals surface area contributed by atoms with E-state index in [0.717, 1.165) is 18.9 Å². The van der Waals surface area contributed by atoms with Crippen molar-refractivity contribution in [2.24, 2.45) is 0 Å². The number of piperazine rings is 1. The van der Waals surface area contributed by atoms with E-state index in [1.807, 2.05) is 9.80 Å². The van der Waals surface area contributed by atoms with Crippen molar-refractivity contribution in [2.75, 3.05) is 36.4 Å². The van der Waals surface area contributed by atoms with Gasteiger partial charge in [0.15, 0.2) is 5.11 Å². The summed E-state index contributed by atoms with van der Waals surface area (Å²) in [4.78, 5) is 28.0. The molecule has 1 aromatic heterocycles. The second-order valence-corrected chi connectivity index (χ2v) is 8.94. The fraction of sp³-hybridized carbons (Fsp3) is 0.292. The van der Waals surface area contributed by atoms with Gasteiger partial charge in [0.2, 0.25) is 5.43 Å². The number of thiocarbonyl (C=S) groups is 1. The molecule has 2 aromatic carbocycles. The molecular weight excluding hydrogens is 462 g/mol. The molecule has 0 radical (unpaired) electrons. The molecule has 1 saturated carbocycles. The Bertz CT molecular complexity index is 1360. The third-order valence-electron chi connectivity index (χ3n) is 6.25. The first-order valence-electron chi connectivity index (χ1n) is 11.0. The number of carboxylic acid groups (broad SMARTS) is 1. The summed E-state index contributed by atoms with van der Waals surface area (Å²) in [6.45, 7) is 2.06. The number of hydrogen-bond donors (Lipinski definition) is 2. The standard InChI is InChI=1S/C24H22F2N4O3S/c25-14-2-1-3-15(10-14)27-24(34)29-8-6-28(7-9-29)21-12-20-17(11-19(21)26)22(31)18(23(32)33)13-30(20)16-4-5-16/h1-3,10-13,16H,4-9H2,(H,27,34)(H,32,33). The summed E-state index contributed by atoms with van der Waals surface area (Å²) in [5, 5.41) is 13.0. The highest BCUT2D eigenvalue weighted by Crippen LogP contribution is 2.38. The van der Waals surface area contributed by atoms with Crippen LogP contribution in [0.5, 0.6) is 0 Å². The van der Waals surface area contributed by atoms with Crippen molar-refractivity contribution >= 4 is 45.6 Å². The molecule has 34 heavy (non-hydrogen) atoms. The van der Waals surface area contributed by atoms with E-state index < -0.39 is 17.2 Å². The van der Waals surface area contributed by atoms with Crippen molar-refractivity contribution in [1.82, 2.24) is 9.47 Å². The summed E-state index contributed by atoms with van der Waals surface area (Å²) >= 11 is 5.46. The second-order valence-electron chi connectivity index (χ2n) is 8.55. The van der Waals surface area contributed by atoms with Crippen LogP contribution in [0.2, 0.25) is 0 Å². The summed E-state index contributed by atoms with van der Waals surface area (Å²) in [5.41, 5.74) is 0.447. The van der Waals surface area contributed by atoms with Gasteiger partial charge in [0, 0.05) is 49.5 Å². The summed E-state index contributed by atoms with van der Waals surface area (Å²) in [5.74, 6) is -2.24. The Morgan fingerprint density at radius 1 is 1.09 bits per heavy atom. The lowest BCUT2D eigenvalue weighted by atomic mass is 10.1. The zero-order chi connectivity index (χ0) is 24.0. The number of rotatable bonds is 4. The number of halogens is 2. The Hall–Kier alpha value is -3.53. The maximum atomic E-state index is 15.1. The minimum Gasteiger partial charge on any atom is -0.477 e. The van der Waals surface area contributed by atoms with Gasteiger partial charge in [0.25, 0.3) is 0 Å². The van der Waals surface area contributed by atoms with Crippen molar-refractivity contribution in [2.45, 2.75) is 18.9 Å². The maximum Gasteiger partial charge on any atom is 0.341 e. The molecule has 2 fully saturated rings. The number of aromatic carboxylic acids is 1. The van der Waals surface area contributed by atoms with Crippen LogP contribution in [0, 0.1) is 11.6 Å². The summed E-state index contributed by atoms with van der Waals surface area (Å²) < 4.78 is 30.3. The van der Waals surface area contributed by atoms with E-state index in [-0.39, 0.29) is 22.8 Å². The highest BCUT2D eigenvalue weighted by molar-refractivity contribution is 7.80. The molecule has 1 saturated heterocycles. The third-order valence-corrected chi connectivity index (χ3v) is 6.62. The molecule has 176 valence electrons. The quantitative estimate of drug-likeness (QED) is 0.545. The smallest absolute Gasteiger partial charge is 0.341 e. The first kappa shape index (κ1) is 22.3. The second kappa shape index (κ2) is 8.68. The van der Waals surface area contributed by atoms with Gasteiger partial charge in [-0.15, -0.1) is 0 Å². The van der Waals surface area contributed by atoms with E-state index in [9.17, 15) is 19.1 Å². The van der Waals surface area contributed by atoms with E-state index in [1.165, 1.54) is 18.3 Å². The first-order valence-corrected chi connectivity index (χ1v) is 11.4. The van der Waals surface area contributed by atoms with Crippen LogP contribution in [-0.2, 0) is 0 Å². The molecule has 0 atom stereocenters. The topological polar surface area (TPSA) is 77.8 Å². The summed E-state index contributed by atoms with van der Waals surface area (Å²) in [6.07, 6.45) is 3.15. The summed E-state index contributed by atoms with van der Waals surface area (Å²) in [6, 6.07) is 8.96. The van der Waals surface area contributed by atoms with Gasteiger partial charge in [-0.2, -0.15) is 0 Å². The number of fused-ring (bicyclic) bond motifs is 1. The number of hydrogen-bond acceptors (Lipinski definition) is 4. The van der Waals surface area contributed by atoms with E-state index in [0.29, 0.717) is 48.2 Å². The van der Waals surface area contributed by atoms with Crippen molar-refractivity contribution in [3.05, 3.63) is 70.0 Å². The summed E-state index contributed by atoms with van der Waals surface area (Å²) in [7, 11) is 0. The van der Waals surface area contributed by atoms with Crippen LogP contribution in [-0.4, -0.2) is 51.8 Å². The minimum atomic E-state index is -1.32. The highest BCUT2D eigenvalue weighted by atomic mass is 32.1. The van der Waals surface area contributed by atoms with E-state index in [4.69, 9.17) is 12.2 Å². The number of nitrogens with one attached hydrogen (secondary N) is 1. The first-order chi connectivity index (χ1) is 16.3. The molecule has 2 heterocycles. The van der Waals surface area contributed by atoms with Crippen molar-refractivity contribution in [1.29, 1.82) is 0 Å². The van der Waals surface area contributed by atoms with Gasteiger partial charge >= 0.3 is 5.97 Å². The lowest BCUT2D eigenvalue weighted by molar-refractivity contribution is 0.0695.